The van der Waals surface area contributed by atoms with Crippen LogP contribution in [0.1, 0.15) is 12.5 Å². The molecule has 1 aliphatic rings. The molecule has 7 nitrogen and oxygen atoms in total. The molecule has 0 radical (unpaired) electrons. The van der Waals surface area contributed by atoms with Gasteiger partial charge in [0.25, 0.3) is 11.1 Å². The Morgan fingerprint density at radius 1 is 1.16 bits per heavy atom. The topological polar surface area (TPSA) is 84.9 Å². The van der Waals surface area contributed by atoms with E-state index in [9.17, 15) is 14.4 Å². The summed E-state index contributed by atoms with van der Waals surface area (Å²) >= 11 is 2.96. The number of anilines is 1. The zero-order chi connectivity index (χ0) is 23.1. The first kappa shape index (κ1) is 23.9. The summed E-state index contributed by atoms with van der Waals surface area (Å²) in [5.74, 6) is 0.128. The fourth-order valence-corrected chi connectivity index (χ4v) is 4.01. The lowest BCUT2D eigenvalue weighted by atomic mass is 10.2. The van der Waals surface area contributed by atoms with Crippen LogP contribution in [0, 0.1) is 3.57 Å². The number of ether oxygens (including phenoxy) is 2. The van der Waals surface area contributed by atoms with Crippen molar-refractivity contribution in [2.75, 3.05) is 25.1 Å². The van der Waals surface area contributed by atoms with Gasteiger partial charge in [-0.1, -0.05) is 18.7 Å². The van der Waals surface area contributed by atoms with Gasteiger partial charge < -0.3 is 14.8 Å². The summed E-state index contributed by atoms with van der Waals surface area (Å²) in [7, 11) is 0. The molecule has 0 unspecified atom stereocenters. The quantitative estimate of drug-likeness (QED) is 0.264. The monoisotopic (exact) mass is 564 g/mol. The van der Waals surface area contributed by atoms with Crippen molar-refractivity contribution in [3.63, 3.8) is 0 Å². The van der Waals surface area contributed by atoms with Crippen LogP contribution in [0.4, 0.5) is 10.5 Å². The first-order chi connectivity index (χ1) is 15.4. The van der Waals surface area contributed by atoms with E-state index in [1.54, 1.807) is 42.5 Å². The van der Waals surface area contributed by atoms with E-state index in [1.165, 1.54) is 0 Å². The summed E-state index contributed by atoms with van der Waals surface area (Å²) in [5.41, 5.74) is 1.27. The SMILES string of the molecule is C=CCOc1ccc(/C=C2/SC(=O)N(CC(=O)Nc3ccc(I)cc3)C2=O)cc1OCC. The number of imide groups is 1. The summed E-state index contributed by atoms with van der Waals surface area (Å²) in [6.07, 6.45) is 3.23. The van der Waals surface area contributed by atoms with Gasteiger partial charge in [0.05, 0.1) is 11.5 Å². The molecular weight excluding hydrogens is 543 g/mol. The van der Waals surface area contributed by atoms with Crippen molar-refractivity contribution < 1.29 is 23.9 Å². The van der Waals surface area contributed by atoms with Gasteiger partial charge in [0.2, 0.25) is 5.91 Å². The predicted molar refractivity (Wildman–Crippen MR) is 134 cm³/mol. The van der Waals surface area contributed by atoms with E-state index >= 15 is 0 Å². The van der Waals surface area contributed by atoms with Gasteiger partial charge in [-0.3, -0.25) is 19.3 Å². The van der Waals surface area contributed by atoms with Gasteiger partial charge in [-0.2, -0.15) is 0 Å². The molecule has 9 heteroatoms. The Kier molecular flexibility index (Phi) is 8.34. The highest BCUT2D eigenvalue weighted by Crippen LogP contribution is 2.34. The van der Waals surface area contributed by atoms with Crippen LogP contribution >= 0.6 is 34.4 Å². The van der Waals surface area contributed by atoms with E-state index in [0.29, 0.717) is 36.0 Å². The third-order valence-electron chi connectivity index (χ3n) is 4.23. The molecular formula is C23H21IN2O5S. The van der Waals surface area contributed by atoms with Crippen LogP contribution in [-0.2, 0) is 9.59 Å². The van der Waals surface area contributed by atoms with Crippen molar-refractivity contribution in [3.05, 3.63) is 69.2 Å². The second kappa shape index (κ2) is 11.2. The van der Waals surface area contributed by atoms with Gasteiger partial charge in [0.15, 0.2) is 11.5 Å². The maximum absolute atomic E-state index is 12.7. The molecule has 1 aliphatic heterocycles. The Bertz CT molecular complexity index is 1070. The van der Waals surface area contributed by atoms with Crippen LogP contribution in [0.2, 0.25) is 0 Å². The number of carbonyl (C=O) groups excluding carboxylic acids is 3. The van der Waals surface area contributed by atoms with Crippen molar-refractivity contribution in [2.24, 2.45) is 0 Å². The van der Waals surface area contributed by atoms with E-state index in [-0.39, 0.29) is 11.4 Å². The first-order valence-electron chi connectivity index (χ1n) is 9.72. The predicted octanol–water partition coefficient (Wildman–Crippen LogP) is 4.93. The summed E-state index contributed by atoms with van der Waals surface area (Å²) in [4.78, 5) is 38.6. The minimum Gasteiger partial charge on any atom is -0.490 e. The van der Waals surface area contributed by atoms with Gasteiger partial charge in [-0.25, -0.2) is 0 Å². The smallest absolute Gasteiger partial charge is 0.294 e. The number of carbonyl (C=O) groups is 3. The van der Waals surface area contributed by atoms with Crippen LogP contribution in [0.25, 0.3) is 6.08 Å². The van der Waals surface area contributed by atoms with Crippen LogP contribution in [0.15, 0.2) is 60.0 Å². The fraction of sp³-hybridized carbons (Fsp3) is 0.174. The van der Waals surface area contributed by atoms with E-state index < -0.39 is 17.1 Å². The number of halogens is 1. The molecule has 1 heterocycles. The minimum absolute atomic E-state index is 0.235. The minimum atomic E-state index is -0.511. The number of hydrogen-bond acceptors (Lipinski definition) is 6. The Balaban J connectivity index is 1.71. The van der Waals surface area contributed by atoms with Crippen molar-refractivity contribution in [3.8, 4) is 11.5 Å². The standard InChI is InChI=1S/C23H21IN2O5S/c1-3-11-31-18-10-5-15(12-19(18)30-4-2)13-20-22(28)26(23(29)32-20)14-21(27)25-17-8-6-16(24)7-9-17/h3,5-10,12-13H,1,4,11,14H2,2H3,(H,25,27)/b20-13+. The molecule has 1 fully saturated rings. The third-order valence-corrected chi connectivity index (χ3v) is 5.85. The molecule has 3 amide bonds. The van der Waals surface area contributed by atoms with E-state index in [0.717, 1.165) is 20.2 Å². The lowest BCUT2D eigenvalue weighted by molar-refractivity contribution is -0.127. The molecule has 0 aliphatic carbocycles. The molecule has 2 aromatic carbocycles. The third kappa shape index (κ3) is 6.13. The average Bonchev–Trinajstić information content (AvgIpc) is 3.02. The Morgan fingerprint density at radius 2 is 1.91 bits per heavy atom. The number of hydrogen-bond donors (Lipinski definition) is 1. The van der Waals surface area contributed by atoms with Crippen LogP contribution in [0.3, 0.4) is 0 Å². The normalized spacial score (nSPS) is 14.6. The van der Waals surface area contributed by atoms with Gasteiger partial charge in [0, 0.05) is 9.26 Å². The summed E-state index contributed by atoms with van der Waals surface area (Å²) in [6, 6.07) is 12.4. The highest BCUT2D eigenvalue weighted by atomic mass is 127. The molecule has 166 valence electrons. The number of nitrogens with zero attached hydrogens (tertiary/aromatic N) is 1. The number of nitrogens with one attached hydrogen (secondary N) is 1. The molecule has 0 atom stereocenters. The summed E-state index contributed by atoms with van der Waals surface area (Å²) in [5, 5.41) is 2.20. The fourth-order valence-electron chi connectivity index (χ4n) is 2.82. The molecule has 0 saturated carbocycles. The molecule has 32 heavy (non-hydrogen) atoms. The second-order valence-corrected chi connectivity index (χ2v) is 8.80. The Morgan fingerprint density at radius 3 is 2.59 bits per heavy atom. The van der Waals surface area contributed by atoms with Crippen LogP contribution in [0.5, 0.6) is 11.5 Å². The highest BCUT2D eigenvalue weighted by Gasteiger charge is 2.36. The average molecular weight is 564 g/mol. The maximum atomic E-state index is 12.7. The van der Waals surface area contributed by atoms with Gasteiger partial charge in [0.1, 0.15) is 13.2 Å². The highest BCUT2D eigenvalue weighted by molar-refractivity contribution is 14.1. The second-order valence-electron chi connectivity index (χ2n) is 6.56. The molecule has 0 bridgehead atoms. The number of rotatable bonds is 9. The Hall–Kier alpha value is -2.79. The van der Waals surface area contributed by atoms with Crippen LogP contribution < -0.4 is 14.8 Å². The van der Waals surface area contributed by atoms with Crippen molar-refractivity contribution in [2.45, 2.75) is 6.92 Å². The molecule has 0 aromatic heterocycles. The zero-order valence-corrected chi connectivity index (χ0v) is 20.3. The van der Waals surface area contributed by atoms with Gasteiger partial charge in [-0.05, 0) is 89.3 Å². The molecule has 2 aromatic rings. The lowest BCUT2D eigenvalue weighted by Gasteiger charge is -2.12. The molecule has 3 rings (SSSR count). The number of thioether (sulfide) groups is 1. The molecule has 1 N–H and O–H groups in total. The molecule has 1 saturated heterocycles. The van der Waals surface area contributed by atoms with Crippen molar-refractivity contribution in [1.29, 1.82) is 0 Å². The lowest BCUT2D eigenvalue weighted by Crippen LogP contribution is -2.36. The van der Waals surface area contributed by atoms with Gasteiger partial charge >= 0.3 is 0 Å². The first-order valence-corrected chi connectivity index (χ1v) is 11.6. The van der Waals surface area contributed by atoms with E-state index in [4.69, 9.17) is 9.47 Å². The van der Waals surface area contributed by atoms with Crippen molar-refractivity contribution in [1.82, 2.24) is 4.90 Å². The van der Waals surface area contributed by atoms with Gasteiger partial charge in [-0.15, -0.1) is 0 Å². The largest absolute Gasteiger partial charge is 0.490 e. The van der Waals surface area contributed by atoms with E-state index in [1.807, 2.05) is 19.1 Å². The van der Waals surface area contributed by atoms with Crippen molar-refractivity contribution >= 4 is 63.2 Å². The Labute approximate surface area is 204 Å². The summed E-state index contributed by atoms with van der Waals surface area (Å²) < 4.78 is 12.2. The maximum Gasteiger partial charge on any atom is 0.294 e. The van der Waals surface area contributed by atoms with Crippen LogP contribution in [-0.4, -0.2) is 41.7 Å². The summed E-state index contributed by atoms with van der Waals surface area (Å²) in [6.45, 7) is 5.91. The van der Waals surface area contributed by atoms with E-state index in [2.05, 4.69) is 34.5 Å². The number of benzene rings is 2. The molecule has 0 spiro atoms. The number of amides is 3. The zero-order valence-electron chi connectivity index (χ0n) is 17.3.